The zero-order valence-electron chi connectivity index (χ0n) is 14.8. The Bertz CT molecular complexity index is 857. The predicted octanol–water partition coefficient (Wildman–Crippen LogP) is 0.702. The second-order valence-electron chi connectivity index (χ2n) is 6.40. The zero-order chi connectivity index (χ0) is 18.5. The van der Waals surface area contributed by atoms with Gasteiger partial charge in [0.25, 0.3) is 5.56 Å². The standard InChI is InChI=1S/C17H23BrN6O2/c1-21-16(25)13-19-24(17(21)26)8-3-2-7-22-9-11-23(12-10-22)15-6-4-5-14(18)20-15/h4-6,13H,2-3,7-12H2,1H3. The largest absolute Gasteiger partial charge is 0.354 e. The lowest BCUT2D eigenvalue weighted by atomic mass is 10.2. The van der Waals surface area contributed by atoms with Crippen LogP contribution >= 0.6 is 15.9 Å². The van der Waals surface area contributed by atoms with Gasteiger partial charge in [0.05, 0.1) is 0 Å². The minimum absolute atomic E-state index is 0.354. The Labute approximate surface area is 160 Å². The molecule has 3 heterocycles. The molecule has 0 amide bonds. The van der Waals surface area contributed by atoms with Crippen molar-refractivity contribution in [2.45, 2.75) is 19.4 Å². The van der Waals surface area contributed by atoms with Gasteiger partial charge in [-0.25, -0.2) is 14.5 Å². The number of rotatable bonds is 6. The van der Waals surface area contributed by atoms with E-state index in [-0.39, 0.29) is 11.2 Å². The van der Waals surface area contributed by atoms with Gasteiger partial charge in [-0.3, -0.25) is 14.3 Å². The molecule has 0 N–H and O–H groups in total. The van der Waals surface area contributed by atoms with Crippen molar-refractivity contribution in [1.82, 2.24) is 24.2 Å². The van der Waals surface area contributed by atoms with Crippen molar-refractivity contribution in [1.29, 1.82) is 0 Å². The molecule has 3 rings (SSSR count). The molecule has 140 valence electrons. The first-order valence-electron chi connectivity index (χ1n) is 8.77. The summed E-state index contributed by atoms with van der Waals surface area (Å²) in [4.78, 5) is 32.5. The van der Waals surface area contributed by atoms with Crippen LogP contribution in [-0.2, 0) is 13.6 Å². The smallest absolute Gasteiger partial charge is 0.347 e. The maximum absolute atomic E-state index is 11.9. The molecule has 0 bridgehead atoms. The van der Waals surface area contributed by atoms with Crippen LogP contribution in [0, 0.1) is 0 Å². The van der Waals surface area contributed by atoms with Crippen molar-refractivity contribution in [3.63, 3.8) is 0 Å². The van der Waals surface area contributed by atoms with Crippen molar-refractivity contribution >= 4 is 21.7 Å². The Hall–Kier alpha value is -2.00. The predicted molar refractivity (Wildman–Crippen MR) is 104 cm³/mol. The first kappa shape index (κ1) is 18.8. The molecule has 0 radical (unpaired) electrons. The summed E-state index contributed by atoms with van der Waals surface area (Å²) in [6, 6.07) is 5.98. The van der Waals surface area contributed by atoms with Crippen LogP contribution in [0.5, 0.6) is 0 Å². The number of hydrogen-bond donors (Lipinski definition) is 0. The highest BCUT2D eigenvalue weighted by Crippen LogP contribution is 2.16. The summed E-state index contributed by atoms with van der Waals surface area (Å²) in [5.41, 5.74) is -0.725. The number of aryl methyl sites for hydroxylation is 1. The fraction of sp³-hybridized carbons (Fsp3) is 0.529. The number of aromatic nitrogens is 4. The van der Waals surface area contributed by atoms with E-state index in [1.807, 2.05) is 18.2 Å². The van der Waals surface area contributed by atoms with Crippen molar-refractivity contribution in [2.75, 3.05) is 37.6 Å². The summed E-state index contributed by atoms with van der Waals surface area (Å²) in [6.07, 6.45) is 3.04. The first-order chi connectivity index (χ1) is 12.5. The molecule has 0 aromatic carbocycles. The third-order valence-electron chi connectivity index (χ3n) is 4.64. The van der Waals surface area contributed by atoms with Crippen molar-refractivity contribution in [2.24, 2.45) is 7.05 Å². The Balaban J connectivity index is 1.41. The van der Waals surface area contributed by atoms with E-state index in [1.54, 1.807) is 0 Å². The quantitative estimate of drug-likeness (QED) is 0.503. The minimum Gasteiger partial charge on any atom is -0.354 e. The van der Waals surface area contributed by atoms with Crippen LogP contribution in [0.4, 0.5) is 5.82 Å². The molecule has 2 aromatic rings. The third kappa shape index (κ3) is 4.59. The van der Waals surface area contributed by atoms with E-state index in [9.17, 15) is 9.59 Å². The number of anilines is 1. The highest BCUT2D eigenvalue weighted by atomic mass is 79.9. The summed E-state index contributed by atoms with van der Waals surface area (Å²) in [5.74, 6) is 1.01. The topological polar surface area (TPSA) is 76.3 Å². The van der Waals surface area contributed by atoms with Gasteiger partial charge in [-0.1, -0.05) is 6.07 Å². The van der Waals surface area contributed by atoms with Gasteiger partial charge in [0, 0.05) is 39.8 Å². The molecule has 1 fully saturated rings. The molecule has 9 heteroatoms. The molecule has 2 aromatic heterocycles. The number of unbranched alkanes of at least 4 members (excludes halogenated alkanes) is 1. The SMILES string of the molecule is Cn1c(=O)cnn(CCCCN2CCN(c3cccc(Br)n3)CC2)c1=O. The van der Waals surface area contributed by atoms with Crippen molar-refractivity contribution in [3.05, 3.63) is 49.8 Å². The summed E-state index contributed by atoms with van der Waals surface area (Å²) >= 11 is 3.42. The Morgan fingerprint density at radius 3 is 2.54 bits per heavy atom. The highest BCUT2D eigenvalue weighted by molar-refractivity contribution is 9.10. The second kappa shape index (κ2) is 8.59. The third-order valence-corrected chi connectivity index (χ3v) is 5.08. The average Bonchev–Trinajstić information content (AvgIpc) is 2.65. The van der Waals surface area contributed by atoms with Crippen LogP contribution in [0.15, 0.2) is 38.6 Å². The van der Waals surface area contributed by atoms with Gasteiger partial charge >= 0.3 is 5.69 Å². The van der Waals surface area contributed by atoms with Crippen LogP contribution in [0.3, 0.4) is 0 Å². The summed E-state index contributed by atoms with van der Waals surface area (Å²) in [5, 5.41) is 3.91. The number of hydrogen-bond acceptors (Lipinski definition) is 6. The lowest BCUT2D eigenvalue weighted by molar-refractivity contribution is 0.249. The Morgan fingerprint density at radius 1 is 1.08 bits per heavy atom. The monoisotopic (exact) mass is 422 g/mol. The highest BCUT2D eigenvalue weighted by Gasteiger charge is 2.17. The number of piperazine rings is 1. The molecule has 0 aliphatic carbocycles. The lowest BCUT2D eigenvalue weighted by Crippen LogP contribution is -2.47. The Morgan fingerprint density at radius 2 is 1.81 bits per heavy atom. The molecular weight excluding hydrogens is 400 g/mol. The maximum atomic E-state index is 11.9. The van der Waals surface area contributed by atoms with E-state index in [4.69, 9.17) is 0 Å². The molecular formula is C17H23BrN6O2. The zero-order valence-corrected chi connectivity index (χ0v) is 16.4. The van der Waals surface area contributed by atoms with Crippen LogP contribution < -0.4 is 16.1 Å². The normalized spacial score (nSPS) is 15.4. The number of pyridine rings is 1. The molecule has 1 aliphatic rings. The molecule has 0 unspecified atom stereocenters. The van der Waals surface area contributed by atoms with Gasteiger partial charge in [0.15, 0.2) is 0 Å². The van der Waals surface area contributed by atoms with Gasteiger partial charge in [0.1, 0.15) is 16.6 Å². The lowest BCUT2D eigenvalue weighted by Gasteiger charge is -2.35. The number of nitrogens with zero attached hydrogens (tertiary/aromatic N) is 6. The van der Waals surface area contributed by atoms with E-state index >= 15 is 0 Å². The van der Waals surface area contributed by atoms with Crippen LogP contribution in [0.25, 0.3) is 0 Å². The van der Waals surface area contributed by atoms with E-state index in [0.29, 0.717) is 6.54 Å². The molecule has 8 nitrogen and oxygen atoms in total. The van der Waals surface area contributed by atoms with Crippen LogP contribution in [-0.4, -0.2) is 57.0 Å². The second-order valence-corrected chi connectivity index (χ2v) is 7.21. The van der Waals surface area contributed by atoms with Gasteiger partial charge < -0.3 is 4.90 Å². The van der Waals surface area contributed by atoms with E-state index in [0.717, 1.165) is 60.6 Å². The van der Waals surface area contributed by atoms with Crippen LogP contribution in [0.2, 0.25) is 0 Å². The summed E-state index contributed by atoms with van der Waals surface area (Å²) in [6.45, 7) is 5.48. The molecule has 0 atom stereocenters. The van der Waals surface area contributed by atoms with Crippen LogP contribution in [0.1, 0.15) is 12.8 Å². The van der Waals surface area contributed by atoms with Gasteiger partial charge in [-0.05, 0) is 47.4 Å². The van der Waals surface area contributed by atoms with Crippen molar-refractivity contribution in [3.8, 4) is 0 Å². The van der Waals surface area contributed by atoms with Gasteiger partial charge in [-0.15, -0.1) is 0 Å². The minimum atomic E-state index is -0.371. The van der Waals surface area contributed by atoms with E-state index in [2.05, 4.69) is 35.8 Å². The Kier molecular flexibility index (Phi) is 6.20. The molecule has 0 spiro atoms. The summed E-state index contributed by atoms with van der Waals surface area (Å²) < 4.78 is 3.31. The molecule has 0 saturated carbocycles. The summed E-state index contributed by atoms with van der Waals surface area (Å²) in [7, 11) is 1.47. The van der Waals surface area contributed by atoms with Gasteiger partial charge in [0.2, 0.25) is 0 Å². The molecule has 1 aliphatic heterocycles. The first-order valence-corrected chi connectivity index (χ1v) is 9.57. The van der Waals surface area contributed by atoms with E-state index in [1.165, 1.54) is 17.9 Å². The van der Waals surface area contributed by atoms with E-state index < -0.39 is 0 Å². The fourth-order valence-electron chi connectivity index (χ4n) is 3.05. The van der Waals surface area contributed by atoms with Gasteiger partial charge in [-0.2, -0.15) is 5.10 Å². The number of halogens is 1. The maximum Gasteiger partial charge on any atom is 0.347 e. The molecule has 1 saturated heterocycles. The fourth-order valence-corrected chi connectivity index (χ4v) is 3.38. The molecule has 26 heavy (non-hydrogen) atoms. The van der Waals surface area contributed by atoms with Crippen molar-refractivity contribution < 1.29 is 0 Å². The average molecular weight is 423 g/mol.